The van der Waals surface area contributed by atoms with Crippen LogP contribution in [0.5, 0.6) is 0 Å². The Hall–Kier alpha value is -2.42. The van der Waals surface area contributed by atoms with Crippen molar-refractivity contribution in [2.45, 2.75) is 51.9 Å². The zero-order chi connectivity index (χ0) is 23.3. The molecule has 4 heterocycles. The molecule has 1 aromatic carbocycles. The Morgan fingerprint density at radius 2 is 1.76 bits per heavy atom. The molecule has 0 saturated carbocycles. The summed E-state index contributed by atoms with van der Waals surface area (Å²) in [6, 6.07) is 3.59. The monoisotopic (exact) mass is 456 g/mol. The number of fused-ring (bicyclic) bond motifs is 1. The van der Waals surface area contributed by atoms with Crippen LogP contribution in [-0.2, 0) is 20.9 Å². The molecule has 0 bridgehead atoms. The molecule has 5 rings (SSSR count). The topological polar surface area (TPSA) is 99.5 Å². The van der Waals surface area contributed by atoms with Gasteiger partial charge in [-0.1, -0.05) is 6.07 Å². The third-order valence-corrected chi connectivity index (χ3v) is 8.29. The van der Waals surface area contributed by atoms with Gasteiger partial charge in [-0.25, -0.2) is 9.59 Å². The maximum Gasteiger partial charge on any atom is 0.338 e. The summed E-state index contributed by atoms with van der Waals surface area (Å²) in [7, 11) is 0. The number of hydrogen-bond acceptors (Lipinski definition) is 8. The van der Waals surface area contributed by atoms with Gasteiger partial charge in [0.15, 0.2) is 0 Å². The number of nitrogens with zero attached hydrogens (tertiary/aromatic N) is 2. The first-order valence-corrected chi connectivity index (χ1v) is 11.8. The quantitative estimate of drug-likeness (QED) is 0.661. The van der Waals surface area contributed by atoms with E-state index in [-0.39, 0.29) is 24.0 Å². The maximum atomic E-state index is 11.8. The van der Waals surface area contributed by atoms with Crippen LogP contribution in [0.2, 0.25) is 0 Å². The van der Waals surface area contributed by atoms with Gasteiger partial charge < -0.3 is 29.5 Å². The highest BCUT2D eigenvalue weighted by molar-refractivity contribution is 5.94. The number of aliphatic hydroxyl groups is 2. The van der Waals surface area contributed by atoms with Crippen molar-refractivity contribution in [1.29, 1.82) is 0 Å². The predicted octanol–water partition coefficient (Wildman–Crippen LogP) is 1.68. The second kappa shape index (κ2) is 8.42. The average molecular weight is 457 g/mol. The van der Waals surface area contributed by atoms with E-state index in [2.05, 4.69) is 9.80 Å². The number of hydrogen-bond donors (Lipinski definition) is 2. The molecule has 1 unspecified atom stereocenters. The minimum absolute atomic E-state index is 0.114. The molecule has 4 aliphatic rings. The molecule has 8 heteroatoms. The lowest BCUT2D eigenvalue weighted by Crippen LogP contribution is -2.55. The van der Waals surface area contributed by atoms with Gasteiger partial charge in [0.05, 0.1) is 29.0 Å². The highest BCUT2D eigenvalue weighted by Gasteiger charge is 2.45. The van der Waals surface area contributed by atoms with Crippen LogP contribution < -0.4 is 0 Å². The maximum absolute atomic E-state index is 11.8. The van der Waals surface area contributed by atoms with Gasteiger partial charge in [0.1, 0.15) is 13.2 Å². The summed E-state index contributed by atoms with van der Waals surface area (Å²) < 4.78 is 10.3. The van der Waals surface area contributed by atoms with Gasteiger partial charge >= 0.3 is 11.9 Å². The van der Waals surface area contributed by atoms with Gasteiger partial charge in [-0.3, -0.25) is 0 Å². The standard InChI is InChI=1S/C25H32N2O6/c1-15-17(3-4-18-19(15)13-32-24(18)31)21(28)11-26-8-5-25(6-9-26)7-10-27(12-22(25)29)20-14-33-23(30)16(20)2/h3-4,21-22,28-29H,5-14H2,1-2H3/t21?,22-/m0/s1. The molecule has 178 valence electrons. The van der Waals surface area contributed by atoms with Gasteiger partial charge in [0.25, 0.3) is 0 Å². The van der Waals surface area contributed by atoms with E-state index in [4.69, 9.17) is 9.47 Å². The molecule has 2 fully saturated rings. The van der Waals surface area contributed by atoms with E-state index in [1.807, 2.05) is 13.0 Å². The van der Waals surface area contributed by atoms with Crippen LogP contribution in [0.3, 0.4) is 0 Å². The van der Waals surface area contributed by atoms with Crippen molar-refractivity contribution < 1.29 is 29.3 Å². The van der Waals surface area contributed by atoms with Crippen LogP contribution in [-0.4, -0.2) is 77.4 Å². The SMILES string of the molecule is CC1=C(N2CCC3(CCN(CC(O)c4ccc5c(c4C)COC5=O)CC3)[C@@H](O)C2)COC1=O. The van der Waals surface area contributed by atoms with E-state index in [1.54, 1.807) is 13.0 Å². The summed E-state index contributed by atoms with van der Waals surface area (Å²) in [5, 5.41) is 22.0. The summed E-state index contributed by atoms with van der Waals surface area (Å²) >= 11 is 0. The molecule has 1 spiro atoms. The normalized spacial score (nSPS) is 25.9. The molecule has 2 N–H and O–H groups in total. The number of ether oxygens (including phenoxy) is 2. The first-order chi connectivity index (χ1) is 15.8. The Balaban J connectivity index is 1.19. The molecule has 2 atom stereocenters. The lowest BCUT2D eigenvalue weighted by molar-refractivity contribution is -0.136. The second-order valence-electron chi connectivity index (χ2n) is 9.92. The van der Waals surface area contributed by atoms with Gasteiger partial charge in [-0.05, 0) is 63.4 Å². The Bertz CT molecular complexity index is 1010. The van der Waals surface area contributed by atoms with Crippen molar-refractivity contribution >= 4 is 11.9 Å². The molecule has 4 aliphatic heterocycles. The lowest BCUT2D eigenvalue weighted by atomic mass is 9.69. The van der Waals surface area contributed by atoms with Crippen molar-refractivity contribution in [3.05, 3.63) is 45.7 Å². The molecule has 1 aromatic rings. The smallest absolute Gasteiger partial charge is 0.338 e. The molecule has 0 aliphatic carbocycles. The van der Waals surface area contributed by atoms with Gasteiger partial charge in [0.2, 0.25) is 0 Å². The molecule has 0 amide bonds. The van der Waals surface area contributed by atoms with Gasteiger partial charge in [-0.15, -0.1) is 0 Å². The average Bonchev–Trinajstić information content (AvgIpc) is 3.34. The number of piperidine rings is 2. The minimum atomic E-state index is -0.637. The molecular formula is C25H32N2O6. The third kappa shape index (κ3) is 3.84. The van der Waals surface area contributed by atoms with Crippen LogP contribution in [0.1, 0.15) is 59.3 Å². The summed E-state index contributed by atoms with van der Waals surface area (Å²) in [6.45, 7) is 7.83. The number of esters is 2. The number of cyclic esters (lactones) is 2. The Kier molecular flexibility index (Phi) is 5.71. The zero-order valence-electron chi connectivity index (χ0n) is 19.3. The van der Waals surface area contributed by atoms with E-state index in [1.165, 1.54) is 0 Å². The number of β-amino-alcohol motifs (C(OH)–C–C–N with tert-alkyl or cyclic N) is 2. The van der Waals surface area contributed by atoms with Crippen LogP contribution in [0, 0.1) is 12.3 Å². The number of rotatable bonds is 4. The molecular weight excluding hydrogens is 424 g/mol. The number of likely N-dealkylation sites (tertiary alicyclic amines) is 2. The third-order valence-electron chi connectivity index (χ3n) is 8.29. The number of benzene rings is 1. The van der Waals surface area contributed by atoms with Gasteiger partial charge in [0, 0.05) is 30.6 Å². The summed E-state index contributed by atoms with van der Waals surface area (Å²) in [6.07, 6.45) is 1.56. The summed E-state index contributed by atoms with van der Waals surface area (Å²) in [5.41, 5.74) is 4.70. The van der Waals surface area contributed by atoms with Crippen LogP contribution in [0.15, 0.2) is 23.4 Å². The fourth-order valence-corrected chi connectivity index (χ4v) is 5.90. The fraction of sp³-hybridized carbons (Fsp3) is 0.600. The Labute approximate surface area is 193 Å². The number of aliphatic hydroxyl groups excluding tert-OH is 2. The van der Waals surface area contributed by atoms with Crippen molar-refractivity contribution in [1.82, 2.24) is 9.80 Å². The molecule has 0 aromatic heterocycles. The predicted molar refractivity (Wildman–Crippen MR) is 119 cm³/mol. The van der Waals surface area contributed by atoms with Gasteiger partial charge in [-0.2, -0.15) is 0 Å². The minimum Gasteiger partial charge on any atom is -0.457 e. The molecule has 2 saturated heterocycles. The van der Waals surface area contributed by atoms with Crippen LogP contribution in [0.4, 0.5) is 0 Å². The van der Waals surface area contributed by atoms with Crippen LogP contribution >= 0.6 is 0 Å². The summed E-state index contributed by atoms with van der Waals surface area (Å²) in [5.74, 6) is -0.553. The van der Waals surface area contributed by atoms with E-state index < -0.39 is 12.2 Å². The second-order valence-corrected chi connectivity index (χ2v) is 9.92. The van der Waals surface area contributed by atoms with Crippen LogP contribution in [0.25, 0.3) is 0 Å². The van der Waals surface area contributed by atoms with E-state index >= 15 is 0 Å². The molecule has 8 nitrogen and oxygen atoms in total. The summed E-state index contributed by atoms with van der Waals surface area (Å²) in [4.78, 5) is 27.9. The first kappa shape index (κ1) is 22.4. The number of carbonyl (C=O) groups excluding carboxylic acids is 2. The highest BCUT2D eigenvalue weighted by atomic mass is 16.5. The largest absolute Gasteiger partial charge is 0.457 e. The fourth-order valence-electron chi connectivity index (χ4n) is 5.90. The Morgan fingerprint density at radius 1 is 1.06 bits per heavy atom. The zero-order valence-corrected chi connectivity index (χ0v) is 19.3. The van der Waals surface area contributed by atoms with Crippen molar-refractivity contribution in [2.75, 3.05) is 39.3 Å². The number of carbonyl (C=O) groups is 2. The van der Waals surface area contributed by atoms with E-state index in [9.17, 15) is 19.8 Å². The lowest BCUT2D eigenvalue weighted by Gasteiger charge is -2.50. The van der Waals surface area contributed by atoms with Crippen molar-refractivity contribution in [2.24, 2.45) is 5.41 Å². The first-order valence-electron chi connectivity index (χ1n) is 11.8. The van der Waals surface area contributed by atoms with E-state index in [0.29, 0.717) is 30.8 Å². The highest BCUT2D eigenvalue weighted by Crippen LogP contribution is 2.43. The molecule has 33 heavy (non-hydrogen) atoms. The van der Waals surface area contributed by atoms with Crippen molar-refractivity contribution in [3.8, 4) is 0 Å². The van der Waals surface area contributed by atoms with Crippen molar-refractivity contribution in [3.63, 3.8) is 0 Å². The molecule has 0 radical (unpaired) electrons. The van der Waals surface area contributed by atoms with E-state index in [0.717, 1.165) is 61.3 Å². The Morgan fingerprint density at radius 3 is 2.42 bits per heavy atom.